The van der Waals surface area contributed by atoms with E-state index in [0.29, 0.717) is 18.5 Å². The number of carbonyl (C=O) groups excluding carboxylic acids is 1. The minimum atomic E-state index is -2.90. The van der Waals surface area contributed by atoms with Crippen LogP contribution in [-0.2, 0) is 9.84 Å². The third kappa shape index (κ3) is 3.64. The highest BCUT2D eigenvalue weighted by atomic mass is 32.2. The van der Waals surface area contributed by atoms with Crippen molar-refractivity contribution >= 4 is 15.7 Å². The minimum absolute atomic E-state index is 0.0262. The molecule has 6 heteroatoms. The molecule has 122 valence electrons. The predicted molar refractivity (Wildman–Crippen MR) is 89.6 cm³/mol. The fourth-order valence-electron chi connectivity index (χ4n) is 2.90. The molecule has 1 aromatic heterocycles. The molecule has 1 fully saturated rings. The van der Waals surface area contributed by atoms with Crippen molar-refractivity contribution in [2.45, 2.75) is 13.3 Å². The largest absolute Gasteiger partial charge is 0.352 e. The number of rotatable bonds is 4. The first-order valence-corrected chi connectivity index (χ1v) is 9.49. The maximum atomic E-state index is 12.3. The number of nitrogens with one attached hydrogen (secondary N) is 1. The molecule has 3 rings (SSSR count). The normalized spacial score (nSPS) is 19.6. The van der Waals surface area contributed by atoms with Crippen molar-refractivity contribution in [3.8, 4) is 5.69 Å². The lowest BCUT2D eigenvalue weighted by molar-refractivity contribution is 0.0948. The summed E-state index contributed by atoms with van der Waals surface area (Å²) in [5, 5.41) is 2.86. The molecule has 5 nitrogen and oxygen atoms in total. The Bertz CT molecular complexity index is 810. The van der Waals surface area contributed by atoms with Crippen molar-refractivity contribution < 1.29 is 13.2 Å². The second kappa shape index (κ2) is 6.20. The van der Waals surface area contributed by atoms with Gasteiger partial charge in [0, 0.05) is 30.2 Å². The van der Waals surface area contributed by atoms with Crippen LogP contribution in [0.1, 0.15) is 22.3 Å². The number of benzene rings is 1. The zero-order valence-corrected chi connectivity index (χ0v) is 13.8. The van der Waals surface area contributed by atoms with E-state index in [0.717, 1.165) is 11.3 Å². The van der Waals surface area contributed by atoms with Crippen molar-refractivity contribution in [1.29, 1.82) is 0 Å². The maximum absolute atomic E-state index is 12.3. The van der Waals surface area contributed by atoms with Gasteiger partial charge in [-0.15, -0.1) is 0 Å². The highest BCUT2D eigenvalue weighted by molar-refractivity contribution is 7.91. The summed E-state index contributed by atoms with van der Waals surface area (Å²) >= 11 is 0. The number of hydrogen-bond acceptors (Lipinski definition) is 3. The number of sulfone groups is 1. The van der Waals surface area contributed by atoms with E-state index in [2.05, 4.69) is 5.32 Å². The molecule has 1 N–H and O–H groups in total. The number of carbonyl (C=O) groups is 1. The lowest BCUT2D eigenvalue weighted by Gasteiger charge is -2.12. The molecule has 1 saturated heterocycles. The van der Waals surface area contributed by atoms with Crippen LogP contribution >= 0.6 is 0 Å². The first-order valence-electron chi connectivity index (χ1n) is 7.67. The summed E-state index contributed by atoms with van der Waals surface area (Å²) in [6, 6.07) is 9.45. The lowest BCUT2D eigenvalue weighted by atomic mass is 10.1. The van der Waals surface area contributed by atoms with Gasteiger partial charge in [-0.2, -0.15) is 0 Å². The average Bonchev–Trinajstić information content (AvgIpc) is 3.15. The van der Waals surface area contributed by atoms with E-state index in [-0.39, 0.29) is 23.3 Å². The molecule has 0 radical (unpaired) electrons. The molecule has 0 bridgehead atoms. The second-order valence-electron chi connectivity index (χ2n) is 6.07. The Morgan fingerprint density at radius 2 is 2.04 bits per heavy atom. The van der Waals surface area contributed by atoms with Gasteiger partial charge in [-0.1, -0.05) is 6.07 Å². The number of aromatic nitrogens is 1. The summed E-state index contributed by atoms with van der Waals surface area (Å²) in [6.45, 7) is 2.41. The van der Waals surface area contributed by atoms with Crippen LogP contribution < -0.4 is 5.32 Å². The van der Waals surface area contributed by atoms with Crippen LogP contribution in [0.25, 0.3) is 5.69 Å². The van der Waals surface area contributed by atoms with E-state index in [1.807, 2.05) is 48.1 Å². The summed E-state index contributed by atoms with van der Waals surface area (Å²) in [5.74, 6) is 0.270. The Balaban J connectivity index is 1.69. The quantitative estimate of drug-likeness (QED) is 0.930. The first-order chi connectivity index (χ1) is 10.9. The van der Waals surface area contributed by atoms with Crippen molar-refractivity contribution in [3.63, 3.8) is 0 Å². The Hall–Kier alpha value is -2.08. The van der Waals surface area contributed by atoms with Gasteiger partial charge in [0.2, 0.25) is 0 Å². The SMILES string of the molecule is Cc1ccc(C(=O)NC[C@H]2CCS(=O)(=O)C2)cc1-n1cccc1. The van der Waals surface area contributed by atoms with Crippen LogP contribution in [0.2, 0.25) is 0 Å². The van der Waals surface area contributed by atoms with Crippen LogP contribution in [0.5, 0.6) is 0 Å². The minimum Gasteiger partial charge on any atom is -0.352 e. The summed E-state index contributed by atoms with van der Waals surface area (Å²) in [7, 11) is -2.90. The van der Waals surface area contributed by atoms with Gasteiger partial charge in [-0.3, -0.25) is 4.79 Å². The van der Waals surface area contributed by atoms with E-state index < -0.39 is 9.84 Å². The second-order valence-corrected chi connectivity index (χ2v) is 8.30. The Morgan fingerprint density at radius 1 is 1.30 bits per heavy atom. The Labute approximate surface area is 136 Å². The zero-order valence-electron chi connectivity index (χ0n) is 13.0. The molecule has 0 aliphatic carbocycles. The summed E-state index contributed by atoms with van der Waals surface area (Å²) in [4.78, 5) is 12.3. The van der Waals surface area contributed by atoms with E-state index in [9.17, 15) is 13.2 Å². The van der Waals surface area contributed by atoms with Gasteiger partial charge in [-0.25, -0.2) is 8.42 Å². The van der Waals surface area contributed by atoms with Crippen molar-refractivity contribution in [1.82, 2.24) is 9.88 Å². The molecule has 1 atom stereocenters. The van der Waals surface area contributed by atoms with Crippen molar-refractivity contribution in [2.75, 3.05) is 18.1 Å². The van der Waals surface area contributed by atoms with Crippen LogP contribution in [0.3, 0.4) is 0 Å². The molecule has 0 spiro atoms. The average molecular weight is 332 g/mol. The van der Waals surface area contributed by atoms with Gasteiger partial charge >= 0.3 is 0 Å². The van der Waals surface area contributed by atoms with E-state index in [1.54, 1.807) is 6.07 Å². The summed E-state index contributed by atoms with van der Waals surface area (Å²) in [5.41, 5.74) is 2.63. The molecule has 0 saturated carbocycles. The first kappa shape index (κ1) is 15.8. The predicted octanol–water partition coefficient (Wildman–Crippen LogP) is 1.95. The molecule has 2 aromatic rings. The molecule has 2 heterocycles. The van der Waals surface area contributed by atoms with Gasteiger partial charge in [0.15, 0.2) is 9.84 Å². The smallest absolute Gasteiger partial charge is 0.251 e. The van der Waals surface area contributed by atoms with Gasteiger partial charge < -0.3 is 9.88 Å². The lowest BCUT2D eigenvalue weighted by Crippen LogP contribution is -2.29. The number of aryl methyl sites for hydroxylation is 1. The third-order valence-electron chi connectivity index (χ3n) is 4.23. The fourth-order valence-corrected chi connectivity index (χ4v) is 4.76. The topological polar surface area (TPSA) is 68.2 Å². The van der Waals surface area contributed by atoms with Crippen LogP contribution in [-0.4, -0.2) is 36.9 Å². The van der Waals surface area contributed by atoms with Gasteiger partial charge in [0.1, 0.15) is 0 Å². The molecule has 1 aliphatic heterocycles. The van der Waals surface area contributed by atoms with E-state index in [1.165, 1.54) is 0 Å². The van der Waals surface area contributed by atoms with Crippen LogP contribution in [0, 0.1) is 12.8 Å². The Morgan fingerprint density at radius 3 is 2.70 bits per heavy atom. The van der Waals surface area contributed by atoms with Crippen molar-refractivity contribution in [2.24, 2.45) is 5.92 Å². The molecule has 1 amide bonds. The van der Waals surface area contributed by atoms with Gasteiger partial charge in [0.25, 0.3) is 5.91 Å². The highest BCUT2D eigenvalue weighted by Gasteiger charge is 2.28. The molecular formula is C17H20N2O3S. The van der Waals surface area contributed by atoms with Crippen LogP contribution in [0.15, 0.2) is 42.7 Å². The number of amides is 1. The fraction of sp³-hybridized carbons (Fsp3) is 0.353. The molecular weight excluding hydrogens is 312 g/mol. The highest BCUT2D eigenvalue weighted by Crippen LogP contribution is 2.19. The van der Waals surface area contributed by atoms with Crippen LogP contribution in [0.4, 0.5) is 0 Å². The standard InChI is InChI=1S/C17H20N2O3S/c1-13-4-5-15(10-16(13)19-7-2-3-8-19)17(20)18-11-14-6-9-23(21,22)12-14/h2-5,7-8,10,14H,6,9,11-12H2,1H3,(H,18,20)/t14-/m1/s1. The van der Waals surface area contributed by atoms with Gasteiger partial charge in [0.05, 0.1) is 11.5 Å². The maximum Gasteiger partial charge on any atom is 0.251 e. The molecule has 23 heavy (non-hydrogen) atoms. The number of hydrogen-bond donors (Lipinski definition) is 1. The van der Waals surface area contributed by atoms with Gasteiger partial charge in [-0.05, 0) is 49.1 Å². The van der Waals surface area contributed by atoms with Crippen molar-refractivity contribution in [3.05, 3.63) is 53.9 Å². The molecule has 0 unspecified atom stereocenters. The monoisotopic (exact) mass is 332 g/mol. The van der Waals surface area contributed by atoms with E-state index in [4.69, 9.17) is 0 Å². The molecule has 1 aromatic carbocycles. The summed E-state index contributed by atoms with van der Waals surface area (Å²) < 4.78 is 24.9. The summed E-state index contributed by atoms with van der Waals surface area (Å²) in [6.07, 6.45) is 4.51. The number of nitrogens with zero attached hydrogens (tertiary/aromatic N) is 1. The van der Waals surface area contributed by atoms with E-state index >= 15 is 0 Å². The Kier molecular flexibility index (Phi) is 4.26. The third-order valence-corrected chi connectivity index (χ3v) is 6.07. The molecule has 1 aliphatic rings. The zero-order chi connectivity index (χ0) is 16.4.